The number of hydrogen-bond acceptors (Lipinski definition) is 5. The number of fused-ring (bicyclic) bond motifs is 1. The van der Waals surface area contributed by atoms with E-state index < -0.39 is 5.78 Å². The maximum absolute atomic E-state index is 12.6. The highest BCUT2D eigenvalue weighted by Gasteiger charge is 2.16. The van der Waals surface area contributed by atoms with Crippen LogP contribution in [0.25, 0.3) is 11.0 Å². The Balaban J connectivity index is 2.09. The van der Waals surface area contributed by atoms with E-state index in [1.807, 2.05) is 0 Å². The van der Waals surface area contributed by atoms with Gasteiger partial charge in [-0.25, -0.2) is 0 Å². The molecule has 0 aliphatic heterocycles. The lowest BCUT2D eigenvalue weighted by Gasteiger charge is -2.05. The van der Waals surface area contributed by atoms with E-state index in [1.165, 1.54) is 13.4 Å². The molecule has 0 bridgehead atoms. The van der Waals surface area contributed by atoms with E-state index in [9.17, 15) is 9.59 Å². The van der Waals surface area contributed by atoms with Crippen LogP contribution in [0.2, 0.25) is 0 Å². The Morgan fingerprint density at radius 1 is 0.957 bits per heavy atom. The highest BCUT2D eigenvalue weighted by Crippen LogP contribution is 2.20. The first-order chi connectivity index (χ1) is 11.1. The molecule has 1 aromatic heterocycles. The number of carbonyl (C=O) groups is 1. The molecule has 0 saturated carbocycles. The van der Waals surface area contributed by atoms with E-state index in [4.69, 9.17) is 13.9 Å². The van der Waals surface area contributed by atoms with E-state index in [-0.39, 0.29) is 11.0 Å². The van der Waals surface area contributed by atoms with E-state index in [1.54, 1.807) is 49.6 Å². The number of rotatable bonds is 4. The van der Waals surface area contributed by atoms with Crippen LogP contribution in [0.1, 0.15) is 15.9 Å². The summed E-state index contributed by atoms with van der Waals surface area (Å²) in [4.78, 5) is 25.1. The van der Waals surface area contributed by atoms with Crippen molar-refractivity contribution in [1.29, 1.82) is 0 Å². The molecule has 0 saturated heterocycles. The number of hydrogen-bond donors (Lipinski definition) is 0. The van der Waals surface area contributed by atoms with Crippen LogP contribution in [0.15, 0.2) is 57.9 Å². The van der Waals surface area contributed by atoms with E-state index in [0.29, 0.717) is 28.0 Å². The third-order valence-corrected chi connectivity index (χ3v) is 3.58. The molecule has 5 nitrogen and oxygen atoms in total. The summed E-state index contributed by atoms with van der Waals surface area (Å²) in [5.74, 6) is 0.766. The van der Waals surface area contributed by atoms with Crippen molar-refractivity contribution < 1.29 is 18.7 Å². The zero-order valence-electron chi connectivity index (χ0n) is 12.7. The smallest absolute Gasteiger partial charge is 0.204 e. The highest BCUT2D eigenvalue weighted by molar-refractivity contribution is 6.09. The molecule has 3 aromatic rings. The molecule has 0 atom stereocenters. The second-order valence-electron chi connectivity index (χ2n) is 4.90. The molecule has 3 rings (SSSR count). The Hall–Kier alpha value is -3.08. The van der Waals surface area contributed by atoms with Gasteiger partial charge in [0.15, 0.2) is 5.78 Å². The molecule has 0 aliphatic rings. The lowest BCUT2D eigenvalue weighted by Crippen LogP contribution is -2.15. The highest BCUT2D eigenvalue weighted by atomic mass is 16.5. The van der Waals surface area contributed by atoms with E-state index in [0.717, 1.165) is 0 Å². The van der Waals surface area contributed by atoms with Gasteiger partial charge in [-0.15, -0.1) is 0 Å². The maximum atomic E-state index is 12.6. The Morgan fingerprint density at radius 2 is 1.61 bits per heavy atom. The van der Waals surface area contributed by atoms with Crippen molar-refractivity contribution in [2.45, 2.75) is 0 Å². The zero-order valence-corrected chi connectivity index (χ0v) is 12.7. The first-order valence-electron chi connectivity index (χ1n) is 6.92. The van der Waals surface area contributed by atoms with Crippen molar-refractivity contribution in [2.75, 3.05) is 14.2 Å². The minimum atomic E-state index is -0.397. The van der Waals surface area contributed by atoms with Crippen molar-refractivity contribution in [3.05, 3.63) is 70.1 Å². The predicted octanol–water partition coefficient (Wildman–Crippen LogP) is 3.04. The van der Waals surface area contributed by atoms with Gasteiger partial charge in [0.2, 0.25) is 5.43 Å². The first kappa shape index (κ1) is 14.8. The molecule has 0 spiro atoms. The van der Waals surface area contributed by atoms with E-state index in [2.05, 4.69) is 0 Å². The third-order valence-electron chi connectivity index (χ3n) is 3.58. The zero-order chi connectivity index (χ0) is 16.4. The van der Waals surface area contributed by atoms with Crippen LogP contribution >= 0.6 is 0 Å². The molecule has 0 aliphatic carbocycles. The second-order valence-corrected chi connectivity index (χ2v) is 4.90. The summed E-state index contributed by atoms with van der Waals surface area (Å²) in [7, 11) is 3.05. The van der Waals surface area contributed by atoms with Crippen LogP contribution in [-0.4, -0.2) is 20.0 Å². The van der Waals surface area contributed by atoms with Crippen LogP contribution in [0.3, 0.4) is 0 Å². The van der Waals surface area contributed by atoms with Gasteiger partial charge in [-0.3, -0.25) is 9.59 Å². The van der Waals surface area contributed by atoms with Crippen molar-refractivity contribution >= 4 is 16.8 Å². The largest absolute Gasteiger partial charge is 0.497 e. The van der Waals surface area contributed by atoms with Crippen LogP contribution in [0.4, 0.5) is 0 Å². The molecular weight excluding hydrogens is 296 g/mol. The Bertz CT molecular complexity index is 922. The summed E-state index contributed by atoms with van der Waals surface area (Å²) in [5.41, 5.74) is 0.393. The Kier molecular flexibility index (Phi) is 3.85. The van der Waals surface area contributed by atoms with Crippen LogP contribution in [-0.2, 0) is 0 Å². The summed E-state index contributed by atoms with van der Waals surface area (Å²) in [6.07, 6.45) is 1.20. The SMILES string of the molecule is COc1ccc(C(=O)c2coc3ccc(OC)cc3c2=O)cc1. The van der Waals surface area contributed by atoms with Gasteiger partial charge in [-0.2, -0.15) is 0 Å². The average molecular weight is 310 g/mol. The molecule has 2 aromatic carbocycles. The second kappa shape index (κ2) is 5.96. The monoisotopic (exact) mass is 310 g/mol. The van der Waals surface area contributed by atoms with Gasteiger partial charge in [0, 0.05) is 5.56 Å². The number of ketones is 1. The van der Waals surface area contributed by atoms with Crippen LogP contribution in [0.5, 0.6) is 11.5 Å². The number of ether oxygens (including phenoxy) is 2. The van der Waals surface area contributed by atoms with Gasteiger partial charge in [0.05, 0.1) is 19.6 Å². The summed E-state index contributed by atoms with van der Waals surface area (Å²) in [5, 5.41) is 0.309. The van der Waals surface area contributed by atoms with Gasteiger partial charge in [0.1, 0.15) is 28.9 Å². The fourth-order valence-corrected chi connectivity index (χ4v) is 2.29. The van der Waals surface area contributed by atoms with Gasteiger partial charge >= 0.3 is 0 Å². The average Bonchev–Trinajstić information content (AvgIpc) is 2.61. The summed E-state index contributed by atoms with van der Waals surface area (Å²) in [6, 6.07) is 11.4. The van der Waals surface area contributed by atoms with Crippen molar-refractivity contribution in [2.24, 2.45) is 0 Å². The lowest BCUT2D eigenvalue weighted by molar-refractivity contribution is 0.103. The molecule has 116 valence electrons. The maximum Gasteiger partial charge on any atom is 0.204 e. The van der Waals surface area contributed by atoms with Crippen molar-refractivity contribution in [1.82, 2.24) is 0 Å². The molecule has 0 unspecified atom stereocenters. The quantitative estimate of drug-likeness (QED) is 0.693. The first-order valence-corrected chi connectivity index (χ1v) is 6.92. The normalized spacial score (nSPS) is 10.5. The molecule has 0 N–H and O–H groups in total. The minimum absolute atomic E-state index is 0.0177. The molecule has 0 fully saturated rings. The van der Waals surface area contributed by atoms with Crippen molar-refractivity contribution in [3.63, 3.8) is 0 Å². The van der Waals surface area contributed by atoms with Gasteiger partial charge in [-0.1, -0.05) is 0 Å². The van der Waals surface area contributed by atoms with Gasteiger partial charge in [0.25, 0.3) is 0 Å². The molecule has 5 heteroatoms. The Morgan fingerprint density at radius 3 is 2.26 bits per heavy atom. The Labute approximate surface area is 132 Å². The third kappa shape index (κ3) is 2.68. The molecule has 0 radical (unpaired) electrons. The number of methoxy groups -OCH3 is 2. The molecule has 23 heavy (non-hydrogen) atoms. The van der Waals surface area contributed by atoms with Crippen LogP contribution < -0.4 is 14.9 Å². The fraction of sp³-hybridized carbons (Fsp3) is 0.111. The summed E-state index contributed by atoms with van der Waals surface area (Å²) in [6.45, 7) is 0. The fourth-order valence-electron chi connectivity index (χ4n) is 2.29. The van der Waals surface area contributed by atoms with Gasteiger partial charge < -0.3 is 13.9 Å². The summed E-state index contributed by atoms with van der Waals surface area (Å²) < 4.78 is 15.6. The molecular formula is C18H14O5. The van der Waals surface area contributed by atoms with Gasteiger partial charge in [-0.05, 0) is 42.5 Å². The van der Waals surface area contributed by atoms with E-state index >= 15 is 0 Å². The number of benzene rings is 2. The van der Waals surface area contributed by atoms with Crippen LogP contribution in [0, 0.1) is 0 Å². The molecule has 1 heterocycles. The number of carbonyl (C=O) groups excluding carboxylic acids is 1. The van der Waals surface area contributed by atoms with Crippen molar-refractivity contribution in [3.8, 4) is 11.5 Å². The lowest BCUT2D eigenvalue weighted by atomic mass is 10.0. The minimum Gasteiger partial charge on any atom is -0.497 e. The standard InChI is InChI=1S/C18H14O5/c1-21-12-5-3-11(4-6-12)17(19)15-10-23-16-8-7-13(22-2)9-14(16)18(15)20/h3-10H,1-2H3. The topological polar surface area (TPSA) is 65.7 Å². The molecule has 0 amide bonds. The predicted molar refractivity (Wildman–Crippen MR) is 85.5 cm³/mol. The summed E-state index contributed by atoms with van der Waals surface area (Å²) >= 11 is 0.